The van der Waals surface area contributed by atoms with Gasteiger partial charge >= 0.3 is 6.09 Å². The quantitative estimate of drug-likeness (QED) is 0.668. The number of aliphatic imine (C=N–C) groups is 1. The highest BCUT2D eigenvalue weighted by Gasteiger charge is 2.25. The number of carbonyl (C=O) groups excluding carboxylic acids is 2. The summed E-state index contributed by atoms with van der Waals surface area (Å²) in [5.74, 6) is 0.780. The largest absolute Gasteiger partial charge is 0.444 e. The first-order valence-corrected chi connectivity index (χ1v) is 7.28. The number of nitrogens with zero attached hydrogens (tertiary/aromatic N) is 1. The number of alkyl carbamates (subject to hydrolysis) is 1. The number of nitrogens with one attached hydrogen (secondary N) is 3. The normalized spacial score (nSPS) is 18.7. The van der Waals surface area contributed by atoms with Crippen molar-refractivity contribution >= 4 is 17.8 Å². The minimum absolute atomic E-state index is 0.111. The molecule has 0 aromatic rings. The molecule has 0 aliphatic carbocycles. The van der Waals surface area contributed by atoms with Gasteiger partial charge in [-0.05, 0) is 33.1 Å². The van der Waals surface area contributed by atoms with E-state index in [4.69, 9.17) is 4.74 Å². The van der Waals surface area contributed by atoms with Gasteiger partial charge in [0.05, 0.1) is 0 Å². The second-order valence-electron chi connectivity index (χ2n) is 6.41. The van der Waals surface area contributed by atoms with Gasteiger partial charge in [0.25, 0.3) is 5.91 Å². The van der Waals surface area contributed by atoms with Gasteiger partial charge in [-0.3, -0.25) is 20.6 Å². The Morgan fingerprint density at radius 1 is 1.38 bits per heavy atom. The Balaban J connectivity index is 2.31. The molecular weight excluding hydrogens is 272 g/mol. The Labute approximate surface area is 125 Å². The van der Waals surface area contributed by atoms with Crippen LogP contribution in [0.3, 0.4) is 0 Å². The number of hydrogen-bond acceptors (Lipinski definition) is 5. The molecule has 0 fully saturated rings. The molecule has 1 atom stereocenters. The number of hydrogen-bond donors (Lipinski definition) is 3. The Hall–Kier alpha value is -1.79. The third-order valence-electron chi connectivity index (χ3n) is 2.78. The van der Waals surface area contributed by atoms with Crippen molar-refractivity contribution in [2.75, 3.05) is 6.54 Å². The molecule has 1 aliphatic rings. The van der Waals surface area contributed by atoms with Crippen molar-refractivity contribution in [2.45, 2.75) is 59.1 Å². The van der Waals surface area contributed by atoms with E-state index >= 15 is 0 Å². The number of ether oxygens (including phenoxy) is 1. The topological polar surface area (TPSA) is 91.8 Å². The third kappa shape index (κ3) is 6.46. The summed E-state index contributed by atoms with van der Waals surface area (Å²) in [6.45, 7) is 9.88. The van der Waals surface area contributed by atoms with E-state index in [1.807, 2.05) is 34.6 Å². The highest BCUT2D eigenvalue weighted by atomic mass is 16.6. The molecule has 2 amide bonds. The van der Waals surface area contributed by atoms with E-state index in [0.29, 0.717) is 19.4 Å². The van der Waals surface area contributed by atoms with Crippen LogP contribution in [-0.4, -0.2) is 36.0 Å². The Morgan fingerprint density at radius 2 is 2.05 bits per heavy atom. The van der Waals surface area contributed by atoms with E-state index in [-0.39, 0.29) is 17.9 Å². The van der Waals surface area contributed by atoms with Gasteiger partial charge in [-0.2, -0.15) is 0 Å². The van der Waals surface area contributed by atoms with Crippen LogP contribution in [0.1, 0.15) is 47.5 Å². The molecule has 7 nitrogen and oxygen atoms in total. The molecule has 1 aliphatic heterocycles. The molecule has 0 saturated heterocycles. The predicted octanol–water partition coefficient (Wildman–Crippen LogP) is 1.35. The van der Waals surface area contributed by atoms with Crippen LogP contribution in [0.25, 0.3) is 0 Å². The third-order valence-corrected chi connectivity index (χ3v) is 2.78. The van der Waals surface area contributed by atoms with E-state index in [1.54, 1.807) is 0 Å². The maximum absolute atomic E-state index is 11.6. The first-order valence-electron chi connectivity index (χ1n) is 7.28. The van der Waals surface area contributed by atoms with Crippen molar-refractivity contribution in [1.29, 1.82) is 0 Å². The summed E-state index contributed by atoms with van der Waals surface area (Å²) in [6.07, 6.45) is 0.944. The molecule has 0 spiro atoms. The Kier molecular flexibility index (Phi) is 5.99. The second-order valence-corrected chi connectivity index (χ2v) is 6.41. The van der Waals surface area contributed by atoms with Crippen LogP contribution in [-0.2, 0) is 9.53 Å². The SMILES string of the molecule is CC(C)[C@H]1N=C(CCCNC(=O)OC(C)(C)C)NNC1=O. The average Bonchev–Trinajstić information content (AvgIpc) is 2.34. The van der Waals surface area contributed by atoms with Gasteiger partial charge in [0, 0.05) is 13.0 Å². The highest BCUT2D eigenvalue weighted by Crippen LogP contribution is 2.10. The molecule has 0 saturated carbocycles. The van der Waals surface area contributed by atoms with Gasteiger partial charge in [0.1, 0.15) is 17.5 Å². The first-order chi connectivity index (χ1) is 9.69. The second kappa shape index (κ2) is 7.28. The molecule has 21 heavy (non-hydrogen) atoms. The lowest BCUT2D eigenvalue weighted by molar-refractivity contribution is -0.124. The number of hydrazine groups is 1. The number of amides is 2. The minimum Gasteiger partial charge on any atom is -0.444 e. The highest BCUT2D eigenvalue weighted by molar-refractivity contribution is 5.93. The minimum atomic E-state index is -0.492. The zero-order chi connectivity index (χ0) is 16.0. The molecule has 0 radical (unpaired) electrons. The fourth-order valence-electron chi connectivity index (χ4n) is 1.81. The zero-order valence-electron chi connectivity index (χ0n) is 13.4. The molecule has 120 valence electrons. The summed E-state index contributed by atoms with van der Waals surface area (Å²) in [6, 6.07) is -0.347. The van der Waals surface area contributed by atoms with Gasteiger partial charge < -0.3 is 10.1 Å². The van der Waals surface area contributed by atoms with E-state index < -0.39 is 11.7 Å². The molecule has 1 heterocycles. The summed E-state index contributed by atoms with van der Waals surface area (Å²) in [5.41, 5.74) is 4.91. The molecule has 7 heteroatoms. The summed E-state index contributed by atoms with van der Waals surface area (Å²) in [5, 5.41) is 2.69. The van der Waals surface area contributed by atoms with Gasteiger partial charge in [-0.1, -0.05) is 13.8 Å². The lowest BCUT2D eigenvalue weighted by atomic mass is 10.0. The van der Waals surface area contributed by atoms with Gasteiger partial charge in [-0.25, -0.2) is 4.79 Å². The zero-order valence-corrected chi connectivity index (χ0v) is 13.4. The summed E-state index contributed by atoms with van der Waals surface area (Å²) in [4.78, 5) is 27.4. The number of amidine groups is 1. The van der Waals surface area contributed by atoms with Crippen molar-refractivity contribution < 1.29 is 14.3 Å². The summed E-state index contributed by atoms with van der Waals surface area (Å²) >= 11 is 0. The fourth-order valence-corrected chi connectivity index (χ4v) is 1.81. The van der Waals surface area contributed by atoms with Crippen molar-refractivity contribution in [3.63, 3.8) is 0 Å². The smallest absolute Gasteiger partial charge is 0.407 e. The summed E-state index contributed by atoms with van der Waals surface area (Å²) < 4.78 is 5.14. The maximum Gasteiger partial charge on any atom is 0.407 e. The lowest BCUT2D eigenvalue weighted by Gasteiger charge is -2.24. The maximum atomic E-state index is 11.6. The van der Waals surface area contributed by atoms with Crippen molar-refractivity contribution in [1.82, 2.24) is 16.2 Å². The molecule has 0 bridgehead atoms. The van der Waals surface area contributed by atoms with E-state index in [1.165, 1.54) is 0 Å². The molecule has 1 rings (SSSR count). The van der Waals surface area contributed by atoms with Crippen molar-refractivity contribution in [3.05, 3.63) is 0 Å². The van der Waals surface area contributed by atoms with Gasteiger partial charge in [0.15, 0.2) is 0 Å². The fraction of sp³-hybridized carbons (Fsp3) is 0.786. The van der Waals surface area contributed by atoms with E-state index in [9.17, 15) is 9.59 Å². The summed E-state index contributed by atoms with van der Waals surface area (Å²) in [7, 11) is 0. The number of rotatable bonds is 5. The van der Waals surface area contributed by atoms with Crippen LogP contribution >= 0.6 is 0 Å². The van der Waals surface area contributed by atoms with Crippen LogP contribution < -0.4 is 16.2 Å². The van der Waals surface area contributed by atoms with Crippen molar-refractivity contribution in [3.8, 4) is 0 Å². The Bertz CT molecular complexity index is 413. The predicted molar refractivity (Wildman–Crippen MR) is 80.8 cm³/mol. The Morgan fingerprint density at radius 3 is 2.62 bits per heavy atom. The molecule has 0 aromatic heterocycles. The van der Waals surface area contributed by atoms with Crippen LogP contribution in [0.15, 0.2) is 4.99 Å². The van der Waals surface area contributed by atoms with Gasteiger partial charge in [0.2, 0.25) is 0 Å². The van der Waals surface area contributed by atoms with Gasteiger partial charge in [-0.15, -0.1) is 0 Å². The monoisotopic (exact) mass is 298 g/mol. The average molecular weight is 298 g/mol. The van der Waals surface area contributed by atoms with E-state index in [0.717, 1.165) is 5.84 Å². The molecule has 3 N–H and O–H groups in total. The van der Waals surface area contributed by atoms with Crippen LogP contribution in [0, 0.1) is 5.92 Å². The lowest BCUT2D eigenvalue weighted by Crippen LogP contribution is -2.52. The molecular formula is C14H26N4O3. The van der Waals surface area contributed by atoms with Crippen LogP contribution in [0.4, 0.5) is 4.79 Å². The van der Waals surface area contributed by atoms with Crippen LogP contribution in [0.2, 0.25) is 0 Å². The molecule has 0 unspecified atom stereocenters. The first kappa shape index (κ1) is 17.3. The standard InChI is InChI=1S/C14H26N4O3/c1-9(2)11-12(19)18-17-10(16-11)7-6-8-15-13(20)21-14(3,4)5/h9,11H,6-8H2,1-5H3,(H,15,20)(H,16,17)(H,18,19)/t11-/m1/s1. The van der Waals surface area contributed by atoms with Crippen LogP contribution in [0.5, 0.6) is 0 Å². The number of carbonyl (C=O) groups is 2. The molecule has 0 aromatic carbocycles. The van der Waals surface area contributed by atoms with E-state index in [2.05, 4.69) is 21.2 Å². The van der Waals surface area contributed by atoms with Crippen molar-refractivity contribution in [2.24, 2.45) is 10.9 Å².